The van der Waals surface area contributed by atoms with Gasteiger partial charge in [0.2, 0.25) is 0 Å². The van der Waals surface area contributed by atoms with E-state index in [2.05, 4.69) is 18.9 Å². The van der Waals surface area contributed by atoms with Crippen molar-refractivity contribution in [3.05, 3.63) is 23.4 Å². The highest BCUT2D eigenvalue weighted by molar-refractivity contribution is 7.99. The summed E-state index contributed by atoms with van der Waals surface area (Å²) >= 11 is 8.06. The SMILES string of the molecule is CCCCC(CC)COC(=O)CCSc1ccc2cnn(C)c2c1Cl. The minimum absolute atomic E-state index is 0.125. The van der Waals surface area contributed by atoms with E-state index in [-0.39, 0.29) is 5.97 Å². The molecule has 2 aromatic rings. The lowest BCUT2D eigenvalue weighted by molar-refractivity contribution is -0.144. The zero-order chi connectivity index (χ0) is 18.2. The van der Waals surface area contributed by atoms with Crippen molar-refractivity contribution in [2.45, 2.75) is 50.8 Å². The molecule has 0 aliphatic rings. The summed E-state index contributed by atoms with van der Waals surface area (Å²) < 4.78 is 7.21. The van der Waals surface area contributed by atoms with Gasteiger partial charge in [0.1, 0.15) is 0 Å². The summed E-state index contributed by atoms with van der Waals surface area (Å²) in [5.41, 5.74) is 0.927. The van der Waals surface area contributed by atoms with Gasteiger partial charge in [0, 0.05) is 23.1 Å². The number of hydrogen-bond acceptors (Lipinski definition) is 4. The van der Waals surface area contributed by atoms with E-state index in [0.29, 0.717) is 29.7 Å². The molecule has 0 saturated carbocycles. The van der Waals surface area contributed by atoms with E-state index >= 15 is 0 Å². The Morgan fingerprint density at radius 3 is 2.92 bits per heavy atom. The van der Waals surface area contributed by atoms with Crippen LogP contribution in [0, 0.1) is 5.92 Å². The molecule has 0 fully saturated rings. The third kappa shape index (κ3) is 5.65. The number of hydrogen-bond donors (Lipinski definition) is 0. The fourth-order valence-corrected chi connectivity index (χ4v) is 4.07. The number of halogens is 1. The predicted molar refractivity (Wildman–Crippen MR) is 105 cm³/mol. The van der Waals surface area contributed by atoms with Crippen LogP contribution in [0.15, 0.2) is 23.2 Å². The van der Waals surface area contributed by atoms with Crippen molar-refractivity contribution in [2.75, 3.05) is 12.4 Å². The van der Waals surface area contributed by atoms with Crippen LogP contribution in [0.3, 0.4) is 0 Å². The maximum absolute atomic E-state index is 12.0. The summed E-state index contributed by atoms with van der Waals surface area (Å²) in [6.45, 7) is 4.88. The van der Waals surface area contributed by atoms with E-state index < -0.39 is 0 Å². The van der Waals surface area contributed by atoms with Gasteiger partial charge in [-0.25, -0.2) is 0 Å². The van der Waals surface area contributed by atoms with Crippen LogP contribution >= 0.6 is 23.4 Å². The molecule has 25 heavy (non-hydrogen) atoms. The molecule has 0 aliphatic heterocycles. The maximum atomic E-state index is 12.0. The summed E-state index contributed by atoms with van der Waals surface area (Å²) in [5, 5.41) is 5.94. The van der Waals surface area contributed by atoms with Gasteiger partial charge in [-0.05, 0) is 24.5 Å². The number of benzene rings is 1. The summed E-state index contributed by atoms with van der Waals surface area (Å²) in [7, 11) is 1.88. The Morgan fingerprint density at radius 1 is 1.40 bits per heavy atom. The minimum Gasteiger partial charge on any atom is -0.465 e. The molecule has 1 unspecified atom stereocenters. The molecule has 0 aliphatic carbocycles. The molecular formula is C19H27ClN2O2S. The first kappa shape index (κ1) is 20.1. The molecule has 4 nitrogen and oxygen atoms in total. The van der Waals surface area contributed by atoms with Crippen LogP contribution in [-0.4, -0.2) is 28.1 Å². The second-order valence-corrected chi connectivity index (χ2v) is 7.80. The Balaban J connectivity index is 1.79. The molecular weight excluding hydrogens is 356 g/mol. The van der Waals surface area contributed by atoms with Gasteiger partial charge in [0.25, 0.3) is 0 Å². The standard InChI is InChI=1S/C19H27ClN2O2S/c1-4-6-7-14(5-2)13-24-17(23)10-11-25-16-9-8-15-12-21-22(3)19(15)18(16)20/h8-9,12,14H,4-7,10-11,13H2,1-3H3. The van der Waals surface area contributed by atoms with Crippen molar-refractivity contribution < 1.29 is 9.53 Å². The van der Waals surface area contributed by atoms with Crippen molar-refractivity contribution in [3.63, 3.8) is 0 Å². The number of carbonyl (C=O) groups is 1. The Bertz CT molecular complexity index is 702. The zero-order valence-electron chi connectivity index (χ0n) is 15.3. The van der Waals surface area contributed by atoms with Gasteiger partial charge in [-0.15, -0.1) is 11.8 Å². The summed E-state index contributed by atoms with van der Waals surface area (Å²) in [4.78, 5) is 12.9. The van der Waals surface area contributed by atoms with Gasteiger partial charge >= 0.3 is 5.97 Å². The zero-order valence-corrected chi connectivity index (χ0v) is 16.8. The smallest absolute Gasteiger partial charge is 0.306 e. The largest absolute Gasteiger partial charge is 0.465 e. The number of fused-ring (bicyclic) bond motifs is 1. The number of esters is 1. The summed E-state index contributed by atoms with van der Waals surface area (Å²) in [5.74, 6) is 1.02. The lowest BCUT2D eigenvalue weighted by atomic mass is 10.0. The normalized spacial score (nSPS) is 12.5. The molecule has 2 rings (SSSR count). The molecule has 0 bridgehead atoms. The number of unbranched alkanes of at least 4 members (excludes halogenated alkanes) is 1. The second-order valence-electron chi connectivity index (χ2n) is 6.28. The number of aryl methyl sites for hydroxylation is 1. The number of carbonyl (C=O) groups excluding carboxylic acids is 1. The van der Waals surface area contributed by atoms with E-state index in [1.54, 1.807) is 22.6 Å². The molecule has 1 heterocycles. The van der Waals surface area contributed by atoms with Crippen LogP contribution in [0.4, 0.5) is 0 Å². The number of ether oxygens (including phenoxy) is 1. The highest BCUT2D eigenvalue weighted by atomic mass is 35.5. The maximum Gasteiger partial charge on any atom is 0.306 e. The van der Waals surface area contributed by atoms with Crippen LogP contribution in [0.25, 0.3) is 10.9 Å². The highest BCUT2D eigenvalue weighted by Crippen LogP contribution is 2.33. The molecule has 1 aromatic carbocycles. The van der Waals surface area contributed by atoms with Crippen molar-refractivity contribution in [2.24, 2.45) is 13.0 Å². The average molecular weight is 383 g/mol. The fraction of sp³-hybridized carbons (Fsp3) is 0.579. The van der Waals surface area contributed by atoms with Crippen molar-refractivity contribution in [3.8, 4) is 0 Å². The number of rotatable bonds is 10. The number of thioether (sulfide) groups is 1. The Kier molecular flexibility index (Phi) is 8.10. The lowest BCUT2D eigenvalue weighted by Crippen LogP contribution is -2.14. The molecule has 0 radical (unpaired) electrons. The molecule has 0 spiro atoms. The van der Waals surface area contributed by atoms with Crippen LogP contribution in [-0.2, 0) is 16.6 Å². The Labute approximate surface area is 159 Å². The van der Waals surface area contributed by atoms with Crippen molar-refractivity contribution in [1.29, 1.82) is 0 Å². The Morgan fingerprint density at radius 2 is 2.20 bits per heavy atom. The van der Waals surface area contributed by atoms with Crippen molar-refractivity contribution in [1.82, 2.24) is 9.78 Å². The molecule has 0 amide bonds. The van der Waals surface area contributed by atoms with Gasteiger partial charge in [-0.1, -0.05) is 44.7 Å². The summed E-state index contributed by atoms with van der Waals surface area (Å²) in [6.07, 6.45) is 6.77. The third-order valence-corrected chi connectivity index (χ3v) is 5.95. The summed E-state index contributed by atoms with van der Waals surface area (Å²) in [6, 6.07) is 3.99. The van der Waals surface area contributed by atoms with Gasteiger partial charge in [0.05, 0.1) is 29.8 Å². The molecule has 6 heteroatoms. The van der Waals surface area contributed by atoms with Crippen LogP contribution in [0.2, 0.25) is 5.02 Å². The first-order valence-corrected chi connectivity index (χ1v) is 10.3. The molecule has 0 N–H and O–H groups in total. The van der Waals surface area contributed by atoms with Crippen LogP contribution in [0.1, 0.15) is 46.0 Å². The topological polar surface area (TPSA) is 44.1 Å². The number of aromatic nitrogens is 2. The molecule has 1 aromatic heterocycles. The first-order valence-electron chi connectivity index (χ1n) is 8.95. The van der Waals surface area contributed by atoms with Crippen LogP contribution in [0.5, 0.6) is 0 Å². The molecule has 1 atom stereocenters. The van der Waals surface area contributed by atoms with Crippen LogP contribution < -0.4 is 0 Å². The number of nitrogens with zero attached hydrogens (tertiary/aromatic N) is 2. The van der Waals surface area contributed by atoms with Gasteiger partial charge < -0.3 is 4.74 Å². The van der Waals surface area contributed by atoms with E-state index in [0.717, 1.165) is 28.6 Å². The second kappa shape index (κ2) is 10.1. The van der Waals surface area contributed by atoms with E-state index in [4.69, 9.17) is 16.3 Å². The predicted octanol–water partition coefficient (Wildman–Crippen LogP) is 5.47. The average Bonchev–Trinajstić information content (AvgIpc) is 2.99. The first-order chi connectivity index (χ1) is 12.1. The van der Waals surface area contributed by atoms with Gasteiger partial charge in [-0.3, -0.25) is 9.48 Å². The van der Waals surface area contributed by atoms with Gasteiger partial charge in [0.15, 0.2) is 0 Å². The monoisotopic (exact) mass is 382 g/mol. The highest BCUT2D eigenvalue weighted by Gasteiger charge is 2.12. The third-order valence-electron chi connectivity index (χ3n) is 4.39. The van der Waals surface area contributed by atoms with Gasteiger partial charge in [-0.2, -0.15) is 5.10 Å². The quantitative estimate of drug-likeness (QED) is 0.403. The van der Waals surface area contributed by atoms with Crippen molar-refractivity contribution >= 4 is 40.2 Å². The fourth-order valence-electron chi connectivity index (χ4n) is 2.74. The lowest BCUT2D eigenvalue weighted by Gasteiger charge is -2.14. The molecule has 0 saturated heterocycles. The van der Waals surface area contributed by atoms with E-state index in [9.17, 15) is 4.79 Å². The molecule has 138 valence electrons. The minimum atomic E-state index is -0.125. The van der Waals surface area contributed by atoms with E-state index in [1.165, 1.54) is 12.8 Å². The van der Waals surface area contributed by atoms with E-state index in [1.807, 2.05) is 19.2 Å². The Hall–Kier alpha value is -1.20.